The van der Waals surface area contributed by atoms with E-state index in [9.17, 15) is 13.2 Å². The summed E-state index contributed by atoms with van der Waals surface area (Å²) in [5, 5.41) is 1.27. The number of hydrogen-bond donors (Lipinski definition) is 1. The van der Waals surface area contributed by atoms with Crippen molar-refractivity contribution >= 4 is 26.7 Å². The largest absolute Gasteiger partial charge is 0.274 e. The molecule has 0 radical (unpaired) electrons. The predicted octanol–water partition coefficient (Wildman–Crippen LogP) is 2.40. The van der Waals surface area contributed by atoms with E-state index < -0.39 is 15.9 Å². The van der Waals surface area contributed by atoms with Crippen LogP contribution < -0.4 is 4.72 Å². The maximum absolute atomic E-state index is 12.5. The quantitative estimate of drug-likeness (QED) is 0.879. The lowest BCUT2D eigenvalue weighted by Crippen LogP contribution is -2.31. The molecular formula is C16H16N2O3S. The third-order valence-electron chi connectivity index (χ3n) is 3.74. The number of fused-ring (bicyclic) bond motifs is 1. The highest BCUT2D eigenvalue weighted by atomic mass is 32.2. The minimum absolute atomic E-state index is 0.0997. The Hall–Kier alpha value is -2.21. The molecule has 1 amide bonds. The van der Waals surface area contributed by atoms with Gasteiger partial charge in [-0.3, -0.25) is 9.78 Å². The average Bonchev–Trinajstić information content (AvgIpc) is 2.98. The van der Waals surface area contributed by atoms with Crippen molar-refractivity contribution in [2.24, 2.45) is 5.92 Å². The number of aromatic nitrogens is 1. The van der Waals surface area contributed by atoms with Crippen LogP contribution in [0.4, 0.5) is 0 Å². The van der Waals surface area contributed by atoms with E-state index in [0.717, 1.165) is 18.2 Å². The van der Waals surface area contributed by atoms with Gasteiger partial charge in [0.25, 0.3) is 10.0 Å². The molecule has 0 saturated heterocycles. The Balaban J connectivity index is 1.85. The fourth-order valence-corrected chi connectivity index (χ4v) is 3.90. The summed E-state index contributed by atoms with van der Waals surface area (Å²) in [6, 6.07) is 6.55. The molecule has 1 aliphatic carbocycles. The van der Waals surface area contributed by atoms with Gasteiger partial charge in [0.15, 0.2) is 0 Å². The van der Waals surface area contributed by atoms with Crippen molar-refractivity contribution in [1.29, 1.82) is 0 Å². The molecule has 0 spiro atoms. The number of carbonyl (C=O) groups excluding carboxylic acids is 1. The summed E-state index contributed by atoms with van der Waals surface area (Å²) in [6.07, 6.45) is 9.16. The zero-order valence-corrected chi connectivity index (χ0v) is 12.7. The second-order valence-corrected chi connectivity index (χ2v) is 7.00. The van der Waals surface area contributed by atoms with E-state index in [1.807, 2.05) is 12.2 Å². The lowest BCUT2D eigenvalue weighted by atomic mass is 10.1. The molecule has 1 N–H and O–H groups in total. The number of nitrogens with zero attached hydrogens (tertiary/aromatic N) is 1. The molecule has 0 saturated carbocycles. The van der Waals surface area contributed by atoms with Crippen molar-refractivity contribution < 1.29 is 13.2 Å². The van der Waals surface area contributed by atoms with Crippen LogP contribution in [0.3, 0.4) is 0 Å². The summed E-state index contributed by atoms with van der Waals surface area (Å²) in [4.78, 5) is 16.1. The maximum atomic E-state index is 12.5. The molecule has 22 heavy (non-hydrogen) atoms. The molecule has 2 aromatic rings. The molecule has 1 aliphatic rings. The molecule has 1 heterocycles. The Kier molecular flexibility index (Phi) is 3.94. The van der Waals surface area contributed by atoms with Gasteiger partial charge in [0.1, 0.15) is 0 Å². The van der Waals surface area contributed by atoms with Crippen LogP contribution in [0, 0.1) is 5.92 Å². The van der Waals surface area contributed by atoms with Crippen LogP contribution in [0.15, 0.2) is 53.7 Å². The van der Waals surface area contributed by atoms with E-state index in [1.54, 1.807) is 24.4 Å². The van der Waals surface area contributed by atoms with Crippen LogP contribution in [-0.2, 0) is 14.8 Å². The van der Waals surface area contributed by atoms with Crippen LogP contribution >= 0.6 is 0 Å². The van der Waals surface area contributed by atoms with Gasteiger partial charge in [-0.2, -0.15) is 0 Å². The van der Waals surface area contributed by atoms with Crippen LogP contribution in [0.5, 0.6) is 0 Å². The fraction of sp³-hybridized carbons (Fsp3) is 0.250. The van der Waals surface area contributed by atoms with E-state index in [-0.39, 0.29) is 17.2 Å². The number of nitrogens with one attached hydrogen (secondary N) is 1. The first-order valence-electron chi connectivity index (χ1n) is 7.11. The van der Waals surface area contributed by atoms with E-state index in [2.05, 4.69) is 9.71 Å². The summed E-state index contributed by atoms with van der Waals surface area (Å²) < 4.78 is 27.1. The van der Waals surface area contributed by atoms with Gasteiger partial charge in [0, 0.05) is 29.6 Å². The molecule has 0 aliphatic heterocycles. The van der Waals surface area contributed by atoms with Crippen molar-refractivity contribution in [3.63, 3.8) is 0 Å². The molecule has 5 nitrogen and oxygen atoms in total. The fourth-order valence-electron chi connectivity index (χ4n) is 2.68. The van der Waals surface area contributed by atoms with Crippen LogP contribution in [0.25, 0.3) is 10.8 Å². The number of pyridine rings is 1. The highest BCUT2D eigenvalue weighted by Crippen LogP contribution is 2.23. The smallest absolute Gasteiger partial charge is 0.264 e. The van der Waals surface area contributed by atoms with Crippen molar-refractivity contribution in [3.05, 3.63) is 48.8 Å². The standard InChI is InChI=1S/C16H16N2O3S/c19-16(10-12-4-1-2-5-12)18-22(20,21)15-7-3-6-13-11-17-9-8-14(13)15/h1,3-4,6-9,11-12H,2,5,10H2,(H,18,19). The molecule has 114 valence electrons. The molecule has 1 atom stereocenters. The number of rotatable bonds is 4. The monoisotopic (exact) mass is 316 g/mol. The van der Waals surface area contributed by atoms with E-state index in [4.69, 9.17) is 0 Å². The van der Waals surface area contributed by atoms with E-state index >= 15 is 0 Å². The lowest BCUT2D eigenvalue weighted by molar-refractivity contribution is -0.119. The van der Waals surface area contributed by atoms with E-state index in [0.29, 0.717) is 5.39 Å². The molecule has 1 aromatic carbocycles. The van der Waals surface area contributed by atoms with Crippen molar-refractivity contribution in [1.82, 2.24) is 9.71 Å². The number of carbonyl (C=O) groups is 1. The van der Waals surface area contributed by atoms with Gasteiger partial charge in [-0.25, -0.2) is 13.1 Å². The molecule has 0 bridgehead atoms. The SMILES string of the molecule is O=C(CC1C=CCC1)NS(=O)(=O)c1cccc2cnccc12. The lowest BCUT2D eigenvalue weighted by Gasteiger charge is -2.11. The topological polar surface area (TPSA) is 76.1 Å². The van der Waals surface area contributed by atoms with Crippen molar-refractivity contribution in [2.75, 3.05) is 0 Å². The van der Waals surface area contributed by atoms with Gasteiger partial charge in [-0.15, -0.1) is 0 Å². The highest BCUT2D eigenvalue weighted by molar-refractivity contribution is 7.90. The summed E-state index contributed by atoms with van der Waals surface area (Å²) in [5.74, 6) is -0.338. The second-order valence-electron chi connectivity index (χ2n) is 5.35. The third-order valence-corrected chi connectivity index (χ3v) is 5.17. The minimum Gasteiger partial charge on any atom is -0.274 e. The molecule has 0 fully saturated rings. The van der Waals surface area contributed by atoms with Gasteiger partial charge in [0.05, 0.1) is 4.90 Å². The maximum Gasteiger partial charge on any atom is 0.264 e. The first kappa shape index (κ1) is 14.7. The molecule has 1 unspecified atom stereocenters. The average molecular weight is 316 g/mol. The molecular weight excluding hydrogens is 300 g/mol. The molecule has 1 aromatic heterocycles. The van der Waals surface area contributed by atoms with Crippen molar-refractivity contribution in [2.45, 2.75) is 24.2 Å². The minimum atomic E-state index is -3.88. The Bertz CT molecular complexity index is 838. The summed E-state index contributed by atoms with van der Waals surface area (Å²) in [5.41, 5.74) is 0. The zero-order chi connectivity index (χ0) is 15.6. The predicted molar refractivity (Wildman–Crippen MR) is 83.6 cm³/mol. The zero-order valence-electron chi connectivity index (χ0n) is 11.9. The Morgan fingerprint density at radius 1 is 1.32 bits per heavy atom. The number of allylic oxidation sites excluding steroid dienone is 2. The number of amides is 1. The Morgan fingerprint density at radius 2 is 2.18 bits per heavy atom. The van der Waals surface area contributed by atoms with Gasteiger partial charge in [-0.1, -0.05) is 24.3 Å². The number of benzene rings is 1. The summed E-state index contributed by atoms with van der Waals surface area (Å²) in [7, 11) is -3.88. The molecule has 6 heteroatoms. The third kappa shape index (κ3) is 3.01. The Morgan fingerprint density at radius 3 is 2.95 bits per heavy atom. The summed E-state index contributed by atoms with van der Waals surface area (Å²) >= 11 is 0. The van der Waals surface area contributed by atoms with E-state index in [1.165, 1.54) is 12.3 Å². The van der Waals surface area contributed by atoms with Crippen molar-refractivity contribution in [3.8, 4) is 0 Å². The van der Waals surface area contributed by atoms with Gasteiger partial charge in [0.2, 0.25) is 5.91 Å². The van der Waals surface area contributed by atoms with Gasteiger partial charge < -0.3 is 0 Å². The first-order chi connectivity index (χ1) is 10.6. The molecule has 3 rings (SSSR count). The summed E-state index contributed by atoms with van der Waals surface area (Å²) in [6.45, 7) is 0. The van der Waals surface area contributed by atoms with Crippen LogP contribution in [0.2, 0.25) is 0 Å². The number of hydrogen-bond acceptors (Lipinski definition) is 4. The normalized spacial score (nSPS) is 17.7. The first-order valence-corrected chi connectivity index (χ1v) is 8.59. The highest BCUT2D eigenvalue weighted by Gasteiger charge is 2.22. The van der Waals surface area contributed by atoms with Gasteiger partial charge in [-0.05, 0) is 30.9 Å². The number of sulfonamides is 1. The van der Waals surface area contributed by atoms with Gasteiger partial charge >= 0.3 is 0 Å². The van der Waals surface area contributed by atoms with Crippen LogP contribution in [-0.4, -0.2) is 19.3 Å². The Labute approximate surface area is 129 Å². The van der Waals surface area contributed by atoms with Crippen LogP contribution in [0.1, 0.15) is 19.3 Å². The second kappa shape index (κ2) is 5.88.